The second-order valence-corrected chi connectivity index (χ2v) is 9.60. The number of aromatic nitrogens is 4. The fourth-order valence-electron chi connectivity index (χ4n) is 3.80. The highest BCUT2D eigenvalue weighted by Crippen LogP contribution is 2.39. The van der Waals surface area contributed by atoms with Crippen molar-refractivity contribution in [1.82, 2.24) is 20.2 Å². The van der Waals surface area contributed by atoms with E-state index >= 15 is 0 Å². The number of aryl methyl sites for hydroxylation is 1. The number of nitrogens with zero attached hydrogens (tertiary/aromatic N) is 4. The number of ether oxygens (including phenoxy) is 3. The number of rotatable bonds is 9. The largest absolute Gasteiger partial charge is 0.453 e. The zero-order valence-electron chi connectivity index (χ0n) is 20.7. The SMILES string of the molecule is CC(=O)OC(C)C(=O)Nc1ccc(C2OC(CSc3nnnn3C)CC(c3ccc(CO)cc3)O2)cc1. The summed E-state index contributed by atoms with van der Waals surface area (Å²) in [5, 5.41) is 24.4. The monoisotopic (exact) mass is 527 g/mol. The molecule has 4 rings (SSSR count). The molecule has 4 unspecified atom stereocenters. The van der Waals surface area contributed by atoms with Crippen LogP contribution in [0.1, 0.15) is 49.4 Å². The summed E-state index contributed by atoms with van der Waals surface area (Å²) in [6.45, 7) is 2.75. The number of nitrogens with one attached hydrogen (secondary N) is 1. The molecule has 2 aromatic carbocycles. The molecule has 1 fully saturated rings. The van der Waals surface area contributed by atoms with Crippen molar-refractivity contribution in [1.29, 1.82) is 0 Å². The van der Waals surface area contributed by atoms with Crippen LogP contribution in [0.15, 0.2) is 53.7 Å². The van der Waals surface area contributed by atoms with Gasteiger partial charge in [0.2, 0.25) is 5.16 Å². The number of aliphatic hydroxyl groups excluding tert-OH is 1. The Kier molecular flexibility index (Phi) is 8.87. The Morgan fingerprint density at radius 3 is 2.49 bits per heavy atom. The van der Waals surface area contributed by atoms with E-state index in [0.29, 0.717) is 23.0 Å². The van der Waals surface area contributed by atoms with Gasteiger partial charge in [-0.05, 0) is 40.6 Å². The summed E-state index contributed by atoms with van der Waals surface area (Å²) in [6, 6.07) is 14.8. The molecule has 1 amide bonds. The number of benzene rings is 2. The van der Waals surface area contributed by atoms with Crippen molar-refractivity contribution in [2.75, 3.05) is 11.1 Å². The van der Waals surface area contributed by atoms with Crippen molar-refractivity contribution >= 4 is 29.3 Å². The molecular formula is C25H29N5O6S. The molecule has 12 heteroatoms. The molecule has 0 aliphatic carbocycles. The smallest absolute Gasteiger partial charge is 0.303 e. The lowest BCUT2D eigenvalue weighted by Crippen LogP contribution is -2.31. The summed E-state index contributed by atoms with van der Waals surface area (Å²) < 4.78 is 19.2. The zero-order valence-corrected chi connectivity index (χ0v) is 21.6. The lowest BCUT2D eigenvalue weighted by atomic mass is 10.0. The number of amides is 1. The van der Waals surface area contributed by atoms with Crippen LogP contribution in [0.5, 0.6) is 0 Å². The third-order valence-electron chi connectivity index (χ3n) is 5.76. The Morgan fingerprint density at radius 2 is 1.86 bits per heavy atom. The van der Waals surface area contributed by atoms with Gasteiger partial charge >= 0.3 is 5.97 Å². The molecule has 37 heavy (non-hydrogen) atoms. The van der Waals surface area contributed by atoms with Crippen molar-refractivity contribution in [3.05, 3.63) is 65.2 Å². The number of carbonyl (C=O) groups excluding carboxylic acids is 2. The summed E-state index contributed by atoms with van der Waals surface area (Å²) in [5.41, 5.74) is 3.17. The highest BCUT2D eigenvalue weighted by atomic mass is 32.2. The van der Waals surface area contributed by atoms with Crippen molar-refractivity contribution in [3.8, 4) is 0 Å². The summed E-state index contributed by atoms with van der Waals surface area (Å²) in [6.07, 6.45) is -1.27. The number of anilines is 1. The first-order chi connectivity index (χ1) is 17.8. The predicted molar refractivity (Wildman–Crippen MR) is 134 cm³/mol. The molecule has 1 aromatic heterocycles. The zero-order chi connectivity index (χ0) is 26.4. The van der Waals surface area contributed by atoms with E-state index in [4.69, 9.17) is 14.2 Å². The molecule has 2 N–H and O–H groups in total. The quantitative estimate of drug-likeness (QED) is 0.315. The predicted octanol–water partition coefficient (Wildman–Crippen LogP) is 2.93. The van der Waals surface area contributed by atoms with Gasteiger partial charge in [0, 0.05) is 37.4 Å². The third-order valence-corrected chi connectivity index (χ3v) is 6.90. The van der Waals surface area contributed by atoms with Crippen LogP contribution in [0.25, 0.3) is 0 Å². The highest BCUT2D eigenvalue weighted by Gasteiger charge is 2.32. The van der Waals surface area contributed by atoms with Gasteiger partial charge < -0.3 is 24.6 Å². The molecule has 196 valence electrons. The molecular weight excluding hydrogens is 498 g/mol. The van der Waals surface area contributed by atoms with Crippen molar-refractivity contribution in [2.24, 2.45) is 7.05 Å². The molecule has 1 aliphatic rings. The molecule has 0 saturated carbocycles. The van der Waals surface area contributed by atoms with Gasteiger partial charge in [-0.3, -0.25) is 9.59 Å². The normalized spacial score (nSPS) is 20.3. The molecule has 11 nitrogen and oxygen atoms in total. The molecule has 0 bridgehead atoms. The Labute approximate surface area is 218 Å². The van der Waals surface area contributed by atoms with E-state index in [9.17, 15) is 14.7 Å². The topological polar surface area (TPSA) is 138 Å². The van der Waals surface area contributed by atoms with Crippen molar-refractivity contribution in [2.45, 2.75) is 56.6 Å². The van der Waals surface area contributed by atoms with Gasteiger partial charge in [0.05, 0.1) is 18.8 Å². The minimum Gasteiger partial charge on any atom is -0.453 e. The van der Waals surface area contributed by atoms with Gasteiger partial charge in [0.1, 0.15) is 0 Å². The van der Waals surface area contributed by atoms with E-state index < -0.39 is 24.3 Å². The second-order valence-electron chi connectivity index (χ2n) is 8.61. The Morgan fingerprint density at radius 1 is 1.16 bits per heavy atom. The lowest BCUT2D eigenvalue weighted by molar-refractivity contribution is -0.245. The van der Waals surface area contributed by atoms with Crippen LogP contribution < -0.4 is 5.32 Å². The van der Waals surface area contributed by atoms with Crippen LogP contribution in [0.4, 0.5) is 5.69 Å². The fourth-order valence-corrected chi connectivity index (χ4v) is 4.67. The van der Waals surface area contributed by atoms with Crippen LogP contribution in [0, 0.1) is 0 Å². The third kappa shape index (κ3) is 7.13. The van der Waals surface area contributed by atoms with E-state index in [-0.39, 0.29) is 18.8 Å². The first kappa shape index (κ1) is 26.7. The maximum atomic E-state index is 12.2. The molecule has 3 aromatic rings. The number of aliphatic hydroxyl groups is 1. The van der Waals surface area contributed by atoms with Crippen molar-refractivity contribution < 1.29 is 28.9 Å². The van der Waals surface area contributed by atoms with Gasteiger partial charge in [-0.2, -0.15) is 0 Å². The van der Waals surface area contributed by atoms with E-state index in [1.165, 1.54) is 25.6 Å². The van der Waals surface area contributed by atoms with Crippen LogP contribution in [0.2, 0.25) is 0 Å². The van der Waals surface area contributed by atoms with Crippen LogP contribution in [-0.2, 0) is 37.5 Å². The average molecular weight is 528 g/mol. The second kappa shape index (κ2) is 12.3. The van der Waals surface area contributed by atoms with Crippen LogP contribution in [-0.4, -0.2) is 55.2 Å². The first-order valence-corrected chi connectivity index (χ1v) is 12.7. The number of tetrazole rings is 1. The number of esters is 1. The maximum absolute atomic E-state index is 12.2. The van der Waals surface area contributed by atoms with Gasteiger partial charge in [-0.25, -0.2) is 4.68 Å². The Hall–Kier alpha value is -3.32. The van der Waals surface area contributed by atoms with Gasteiger partial charge in [-0.15, -0.1) is 5.10 Å². The molecule has 1 aliphatic heterocycles. The molecule has 0 radical (unpaired) electrons. The van der Waals surface area contributed by atoms with Gasteiger partial charge in [0.15, 0.2) is 12.4 Å². The summed E-state index contributed by atoms with van der Waals surface area (Å²) in [4.78, 5) is 23.3. The summed E-state index contributed by atoms with van der Waals surface area (Å²) >= 11 is 1.51. The van der Waals surface area contributed by atoms with E-state index in [0.717, 1.165) is 16.7 Å². The van der Waals surface area contributed by atoms with E-state index in [1.54, 1.807) is 23.9 Å². The molecule has 1 saturated heterocycles. The number of hydrogen-bond acceptors (Lipinski definition) is 10. The van der Waals surface area contributed by atoms with E-state index in [1.807, 2.05) is 36.4 Å². The fraction of sp³-hybridized carbons (Fsp3) is 0.400. The van der Waals surface area contributed by atoms with Crippen molar-refractivity contribution in [3.63, 3.8) is 0 Å². The average Bonchev–Trinajstić information content (AvgIpc) is 3.31. The lowest BCUT2D eigenvalue weighted by Gasteiger charge is -2.36. The van der Waals surface area contributed by atoms with Crippen LogP contribution >= 0.6 is 11.8 Å². The maximum Gasteiger partial charge on any atom is 0.303 e. The first-order valence-electron chi connectivity index (χ1n) is 11.8. The molecule has 0 spiro atoms. The molecule has 4 atom stereocenters. The number of thioether (sulfide) groups is 1. The molecule has 2 heterocycles. The van der Waals surface area contributed by atoms with Crippen LogP contribution in [0.3, 0.4) is 0 Å². The highest BCUT2D eigenvalue weighted by molar-refractivity contribution is 7.99. The minimum absolute atomic E-state index is 0.0227. The number of carbonyl (C=O) groups is 2. The Bertz CT molecular complexity index is 1200. The Balaban J connectivity index is 1.47. The van der Waals surface area contributed by atoms with Gasteiger partial charge in [0.25, 0.3) is 5.91 Å². The standard InChI is InChI=1S/C25H29N5O6S/c1-15(34-16(2)32)23(33)26-20-10-8-19(9-11-20)24-35-21(14-37-25-27-28-29-30(25)3)12-22(36-24)18-6-4-17(13-31)5-7-18/h4-11,15,21-22,24,31H,12-14H2,1-3H3,(H,26,33). The van der Waals surface area contributed by atoms with E-state index in [2.05, 4.69) is 20.8 Å². The summed E-state index contributed by atoms with van der Waals surface area (Å²) in [5.74, 6) is -0.315. The number of hydrogen-bond donors (Lipinski definition) is 2. The van der Waals surface area contributed by atoms with Gasteiger partial charge in [-0.1, -0.05) is 48.2 Å². The minimum atomic E-state index is -0.900. The summed E-state index contributed by atoms with van der Waals surface area (Å²) in [7, 11) is 1.79.